The summed E-state index contributed by atoms with van der Waals surface area (Å²) in [6.45, 7) is 0. The van der Waals surface area contributed by atoms with E-state index in [2.05, 4.69) is 42.1 Å². The predicted octanol–water partition coefficient (Wildman–Crippen LogP) is 7.31. The Morgan fingerprint density at radius 1 is 0.625 bits per heavy atom. The first-order valence-corrected chi connectivity index (χ1v) is 11.5. The minimum absolute atomic E-state index is 0.0649. The van der Waals surface area contributed by atoms with Crippen molar-refractivity contribution < 1.29 is 4.79 Å². The van der Waals surface area contributed by atoms with Gasteiger partial charge in [0.1, 0.15) is 5.71 Å². The summed E-state index contributed by atoms with van der Waals surface area (Å²) in [5.74, 6) is -0.0649. The van der Waals surface area contributed by atoms with E-state index < -0.39 is 0 Å². The fourth-order valence-corrected chi connectivity index (χ4v) is 3.74. The second-order valence-corrected chi connectivity index (χ2v) is 8.82. The molecule has 4 rings (SSSR count). The molecule has 0 bridgehead atoms. The smallest absolute Gasteiger partial charge is 0.193 e. The van der Waals surface area contributed by atoms with Gasteiger partial charge in [0.15, 0.2) is 5.78 Å². The lowest BCUT2D eigenvalue weighted by Gasteiger charge is -2.11. The molecule has 0 fully saturated rings. The molecule has 0 aromatic heterocycles. The number of rotatable bonds is 6. The molecule has 0 spiro atoms. The van der Waals surface area contributed by atoms with Gasteiger partial charge in [-0.3, -0.25) is 4.79 Å². The lowest BCUT2D eigenvalue weighted by atomic mass is 9.93. The van der Waals surface area contributed by atoms with Crippen LogP contribution in [0.3, 0.4) is 0 Å². The van der Waals surface area contributed by atoms with Crippen LogP contribution in [0.2, 0.25) is 0 Å². The second-order valence-electron chi connectivity index (χ2n) is 6.99. The highest BCUT2D eigenvalue weighted by Crippen LogP contribution is 2.22. The van der Waals surface area contributed by atoms with Crippen molar-refractivity contribution in [3.63, 3.8) is 0 Å². The van der Waals surface area contributed by atoms with Gasteiger partial charge >= 0.3 is 0 Å². The molecule has 32 heavy (non-hydrogen) atoms. The van der Waals surface area contributed by atoms with Crippen LogP contribution in [0, 0.1) is 0 Å². The quantitative estimate of drug-likeness (QED) is 0.142. The molecule has 4 aromatic rings. The molecule has 0 atom stereocenters. The Morgan fingerprint density at radius 3 is 1.78 bits per heavy atom. The number of hydrogen-bond acceptors (Lipinski definition) is 3. The minimum Gasteiger partial charge on any atom is -0.289 e. The molecule has 0 aliphatic heterocycles. The lowest BCUT2D eigenvalue weighted by molar-refractivity contribution is 0.103. The van der Waals surface area contributed by atoms with Gasteiger partial charge in [0.25, 0.3) is 0 Å². The van der Waals surface area contributed by atoms with E-state index in [-0.39, 0.29) is 5.78 Å². The molecule has 0 heterocycles. The SMILES string of the molecule is O=C(c1ccc(Br)cc1)c1ccccc1/C(=N/N=C/c1ccccc1)c1ccc(Br)cc1. The number of hydrogen-bond donors (Lipinski definition) is 0. The van der Waals surface area contributed by atoms with Crippen molar-refractivity contribution in [3.8, 4) is 0 Å². The van der Waals surface area contributed by atoms with Gasteiger partial charge in [-0.2, -0.15) is 5.10 Å². The fraction of sp³-hybridized carbons (Fsp3) is 0. The lowest BCUT2D eigenvalue weighted by Crippen LogP contribution is -2.12. The van der Waals surface area contributed by atoms with Crippen LogP contribution in [0.4, 0.5) is 0 Å². The Morgan fingerprint density at radius 2 is 1.16 bits per heavy atom. The van der Waals surface area contributed by atoms with Crippen molar-refractivity contribution >= 4 is 49.6 Å². The molecule has 3 nitrogen and oxygen atoms in total. The highest BCUT2D eigenvalue weighted by molar-refractivity contribution is 9.10. The number of benzene rings is 4. The van der Waals surface area contributed by atoms with Crippen LogP contribution in [-0.4, -0.2) is 17.7 Å². The summed E-state index contributed by atoms with van der Waals surface area (Å²) >= 11 is 6.90. The maximum atomic E-state index is 13.3. The van der Waals surface area contributed by atoms with E-state index in [1.807, 2.05) is 103 Å². The van der Waals surface area contributed by atoms with Gasteiger partial charge in [-0.25, -0.2) is 0 Å². The largest absolute Gasteiger partial charge is 0.289 e. The van der Waals surface area contributed by atoms with Gasteiger partial charge in [-0.15, -0.1) is 5.10 Å². The molecule has 0 aliphatic rings. The fourth-order valence-electron chi connectivity index (χ4n) is 3.21. The number of carbonyl (C=O) groups excluding carboxylic acids is 1. The Labute approximate surface area is 203 Å². The van der Waals surface area contributed by atoms with Gasteiger partial charge < -0.3 is 0 Å². The topological polar surface area (TPSA) is 41.8 Å². The minimum atomic E-state index is -0.0649. The van der Waals surface area contributed by atoms with Crippen LogP contribution >= 0.6 is 31.9 Å². The van der Waals surface area contributed by atoms with E-state index in [0.717, 1.165) is 25.6 Å². The summed E-state index contributed by atoms with van der Waals surface area (Å²) < 4.78 is 1.89. The predicted molar refractivity (Wildman–Crippen MR) is 138 cm³/mol. The Hall–Kier alpha value is -3.15. The van der Waals surface area contributed by atoms with Crippen molar-refractivity contribution in [1.29, 1.82) is 0 Å². The van der Waals surface area contributed by atoms with Crippen LogP contribution in [0.1, 0.15) is 32.6 Å². The van der Waals surface area contributed by atoms with Crippen LogP contribution in [0.5, 0.6) is 0 Å². The van der Waals surface area contributed by atoms with E-state index in [0.29, 0.717) is 16.8 Å². The number of ketones is 1. The van der Waals surface area contributed by atoms with Crippen LogP contribution in [0.15, 0.2) is 122 Å². The van der Waals surface area contributed by atoms with E-state index in [1.54, 1.807) is 6.21 Å². The van der Waals surface area contributed by atoms with Crippen molar-refractivity contribution in [3.05, 3.63) is 140 Å². The molecule has 0 saturated carbocycles. The Bertz CT molecular complexity index is 1280. The number of nitrogens with zero attached hydrogens (tertiary/aromatic N) is 2. The van der Waals surface area contributed by atoms with Gasteiger partial charge in [0.05, 0.1) is 6.21 Å². The third-order valence-electron chi connectivity index (χ3n) is 4.81. The summed E-state index contributed by atoms with van der Waals surface area (Å²) in [5.41, 5.74) is 4.37. The molecular weight excluding hydrogens is 528 g/mol. The molecule has 5 heteroatoms. The van der Waals surface area contributed by atoms with Crippen molar-refractivity contribution in [2.24, 2.45) is 10.2 Å². The second kappa shape index (κ2) is 10.4. The number of halogens is 2. The zero-order valence-electron chi connectivity index (χ0n) is 17.0. The zero-order chi connectivity index (χ0) is 22.3. The zero-order valence-corrected chi connectivity index (χ0v) is 20.1. The first kappa shape index (κ1) is 22.1. The molecule has 156 valence electrons. The molecule has 0 aliphatic carbocycles. The normalized spacial score (nSPS) is 11.6. The third kappa shape index (κ3) is 5.36. The Balaban J connectivity index is 1.80. The molecule has 0 unspecified atom stereocenters. The van der Waals surface area contributed by atoms with Gasteiger partial charge in [0, 0.05) is 31.2 Å². The molecular formula is C27H18Br2N2O. The van der Waals surface area contributed by atoms with Crippen LogP contribution in [-0.2, 0) is 0 Å². The van der Waals surface area contributed by atoms with E-state index in [4.69, 9.17) is 0 Å². The van der Waals surface area contributed by atoms with Crippen LogP contribution < -0.4 is 0 Å². The van der Waals surface area contributed by atoms with E-state index in [1.165, 1.54) is 0 Å². The molecule has 0 N–H and O–H groups in total. The molecule has 0 saturated heterocycles. The van der Waals surface area contributed by atoms with E-state index in [9.17, 15) is 4.79 Å². The molecule has 0 amide bonds. The summed E-state index contributed by atoms with van der Waals surface area (Å²) in [6.07, 6.45) is 1.71. The first-order valence-electron chi connectivity index (χ1n) is 9.93. The van der Waals surface area contributed by atoms with Crippen molar-refractivity contribution in [2.75, 3.05) is 0 Å². The summed E-state index contributed by atoms with van der Waals surface area (Å²) in [5, 5.41) is 8.89. The van der Waals surface area contributed by atoms with Gasteiger partial charge in [-0.05, 0) is 42.0 Å². The van der Waals surface area contributed by atoms with Crippen LogP contribution in [0.25, 0.3) is 0 Å². The Kier molecular flexibility index (Phi) is 7.20. The van der Waals surface area contributed by atoms with Gasteiger partial charge in [0.2, 0.25) is 0 Å². The summed E-state index contributed by atoms with van der Waals surface area (Å²) in [7, 11) is 0. The highest BCUT2D eigenvalue weighted by Gasteiger charge is 2.18. The average molecular weight is 546 g/mol. The van der Waals surface area contributed by atoms with Gasteiger partial charge in [-0.1, -0.05) is 98.6 Å². The summed E-state index contributed by atoms with van der Waals surface area (Å²) in [6, 6.07) is 32.5. The molecule has 4 aromatic carbocycles. The summed E-state index contributed by atoms with van der Waals surface area (Å²) in [4.78, 5) is 13.3. The highest BCUT2D eigenvalue weighted by atomic mass is 79.9. The van der Waals surface area contributed by atoms with Crippen molar-refractivity contribution in [1.82, 2.24) is 0 Å². The maximum absolute atomic E-state index is 13.3. The first-order chi connectivity index (χ1) is 15.6. The maximum Gasteiger partial charge on any atom is 0.193 e. The van der Waals surface area contributed by atoms with E-state index >= 15 is 0 Å². The number of carbonyl (C=O) groups is 1. The average Bonchev–Trinajstić information content (AvgIpc) is 2.83. The molecule has 0 radical (unpaired) electrons. The van der Waals surface area contributed by atoms with Crippen molar-refractivity contribution in [2.45, 2.75) is 0 Å². The monoisotopic (exact) mass is 544 g/mol. The third-order valence-corrected chi connectivity index (χ3v) is 5.87. The standard InChI is InChI=1S/C27H18Br2N2O/c28-22-14-10-20(11-15-22)26(31-30-18-19-6-2-1-3-7-19)24-8-4-5-9-25(24)27(32)21-12-16-23(29)17-13-21/h1-18H/b30-18+,31-26+.